The fraction of sp³-hybridized carbons (Fsp3) is 0.529. The SMILES string of the molecule is CN(Cc1ccccc1Br)C(=O)CCNC(=O)C1(N)CCOCC1.Cl. The van der Waals surface area contributed by atoms with Crippen LogP contribution in [0.1, 0.15) is 24.8 Å². The van der Waals surface area contributed by atoms with Crippen LogP contribution in [0.5, 0.6) is 0 Å². The second kappa shape index (κ2) is 10.1. The quantitative estimate of drug-likeness (QED) is 0.715. The summed E-state index contributed by atoms with van der Waals surface area (Å²) in [5, 5.41) is 2.78. The molecule has 1 aliphatic heterocycles. The maximum atomic E-state index is 12.2. The number of carbonyl (C=O) groups excluding carboxylic acids is 2. The van der Waals surface area contributed by atoms with Gasteiger partial charge >= 0.3 is 0 Å². The minimum absolute atomic E-state index is 0. The zero-order valence-corrected chi connectivity index (χ0v) is 16.7. The maximum absolute atomic E-state index is 12.2. The zero-order valence-electron chi connectivity index (χ0n) is 14.3. The number of carbonyl (C=O) groups is 2. The smallest absolute Gasteiger partial charge is 0.240 e. The average molecular weight is 435 g/mol. The standard InChI is InChI=1S/C17H24BrN3O3.ClH/c1-21(12-13-4-2-3-5-14(13)18)15(22)6-9-20-16(23)17(19)7-10-24-11-8-17;/h2-5H,6-12,19H2,1H3,(H,20,23);1H. The molecule has 2 amide bonds. The lowest BCUT2D eigenvalue weighted by Crippen LogP contribution is -2.57. The molecule has 3 N–H and O–H groups in total. The third-order valence-corrected chi connectivity index (χ3v) is 5.03. The van der Waals surface area contributed by atoms with Gasteiger partial charge in [-0.15, -0.1) is 12.4 Å². The Bertz CT molecular complexity index is 594. The molecule has 140 valence electrons. The monoisotopic (exact) mass is 433 g/mol. The lowest BCUT2D eigenvalue weighted by atomic mass is 9.90. The van der Waals surface area contributed by atoms with Crippen molar-refractivity contribution in [2.75, 3.05) is 26.8 Å². The Morgan fingerprint density at radius 2 is 1.96 bits per heavy atom. The summed E-state index contributed by atoms with van der Waals surface area (Å²) in [6, 6.07) is 7.79. The van der Waals surface area contributed by atoms with Gasteiger partial charge in [0.1, 0.15) is 0 Å². The van der Waals surface area contributed by atoms with E-state index in [0.29, 0.717) is 32.6 Å². The molecule has 1 aliphatic rings. The van der Waals surface area contributed by atoms with Crippen LogP contribution in [0.3, 0.4) is 0 Å². The highest BCUT2D eigenvalue weighted by Gasteiger charge is 2.35. The first-order valence-corrected chi connectivity index (χ1v) is 8.84. The number of rotatable bonds is 6. The molecule has 2 rings (SSSR count). The second-order valence-electron chi connectivity index (χ2n) is 6.12. The Balaban J connectivity index is 0.00000312. The molecule has 1 heterocycles. The summed E-state index contributed by atoms with van der Waals surface area (Å²) < 4.78 is 6.21. The first-order chi connectivity index (χ1) is 11.4. The van der Waals surface area contributed by atoms with Crippen molar-refractivity contribution in [1.29, 1.82) is 0 Å². The fourth-order valence-corrected chi connectivity index (χ4v) is 2.99. The fourth-order valence-electron chi connectivity index (χ4n) is 2.58. The summed E-state index contributed by atoms with van der Waals surface area (Å²) in [6.45, 7) is 1.80. The maximum Gasteiger partial charge on any atom is 0.240 e. The molecule has 1 aromatic rings. The summed E-state index contributed by atoms with van der Waals surface area (Å²) in [5.41, 5.74) is 6.27. The Labute approximate surface area is 163 Å². The van der Waals surface area contributed by atoms with Gasteiger partial charge in [-0.05, 0) is 24.5 Å². The predicted molar refractivity (Wildman–Crippen MR) is 102 cm³/mol. The summed E-state index contributed by atoms with van der Waals surface area (Å²) in [5.74, 6) is -0.226. The van der Waals surface area contributed by atoms with E-state index in [9.17, 15) is 9.59 Å². The van der Waals surface area contributed by atoms with Crippen LogP contribution in [0.15, 0.2) is 28.7 Å². The molecule has 0 saturated carbocycles. The van der Waals surface area contributed by atoms with Crippen LogP contribution in [-0.4, -0.2) is 49.1 Å². The number of nitrogens with one attached hydrogen (secondary N) is 1. The number of hydrogen-bond donors (Lipinski definition) is 2. The molecule has 6 nitrogen and oxygen atoms in total. The van der Waals surface area contributed by atoms with Crippen LogP contribution in [0.4, 0.5) is 0 Å². The number of nitrogens with two attached hydrogens (primary N) is 1. The minimum atomic E-state index is -0.873. The molecule has 1 fully saturated rings. The molecule has 0 spiro atoms. The summed E-state index contributed by atoms with van der Waals surface area (Å²) in [6.07, 6.45) is 1.27. The van der Waals surface area contributed by atoms with Crippen LogP contribution < -0.4 is 11.1 Å². The van der Waals surface area contributed by atoms with Crippen molar-refractivity contribution in [2.45, 2.75) is 31.3 Å². The number of benzene rings is 1. The molecule has 0 unspecified atom stereocenters. The summed E-state index contributed by atoms with van der Waals surface area (Å²) in [7, 11) is 1.76. The third kappa shape index (κ3) is 6.26. The number of ether oxygens (including phenoxy) is 1. The molecule has 0 atom stereocenters. The number of nitrogens with zero attached hydrogens (tertiary/aromatic N) is 1. The zero-order chi connectivity index (χ0) is 17.6. The van der Waals surface area contributed by atoms with Crippen molar-refractivity contribution in [2.24, 2.45) is 5.73 Å². The second-order valence-corrected chi connectivity index (χ2v) is 6.97. The van der Waals surface area contributed by atoms with E-state index in [2.05, 4.69) is 21.2 Å². The third-order valence-electron chi connectivity index (χ3n) is 4.25. The topological polar surface area (TPSA) is 84.7 Å². The Morgan fingerprint density at radius 3 is 2.60 bits per heavy atom. The van der Waals surface area contributed by atoms with Crippen LogP contribution in [-0.2, 0) is 20.9 Å². The summed E-state index contributed by atoms with van der Waals surface area (Å²) in [4.78, 5) is 26.0. The molecule has 0 radical (unpaired) electrons. The lowest BCUT2D eigenvalue weighted by Gasteiger charge is -2.31. The Hall–Kier alpha value is -1.15. The largest absolute Gasteiger partial charge is 0.381 e. The first-order valence-electron chi connectivity index (χ1n) is 8.05. The Morgan fingerprint density at radius 1 is 1.32 bits per heavy atom. The van der Waals surface area contributed by atoms with Crippen molar-refractivity contribution in [3.8, 4) is 0 Å². The molecule has 8 heteroatoms. The van der Waals surface area contributed by atoms with Gasteiger partial charge in [-0.1, -0.05) is 34.1 Å². The van der Waals surface area contributed by atoms with Gasteiger partial charge in [0.25, 0.3) is 0 Å². The molecular formula is C17H25BrClN3O3. The predicted octanol–water partition coefficient (Wildman–Crippen LogP) is 1.84. The van der Waals surface area contributed by atoms with Gasteiger partial charge in [-0.25, -0.2) is 0 Å². The van der Waals surface area contributed by atoms with Crippen molar-refractivity contribution in [3.05, 3.63) is 34.3 Å². The van der Waals surface area contributed by atoms with E-state index < -0.39 is 5.54 Å². The van der Waals surface area contributed by atoms with Crippen molar-refractivity contribution < 1.29 is 14.3 Å². The van der Waals surface area contributed by atoms with Gasteiger partial charge in [-0.2, -0.15) is 0 Å². The van der Waals surface area contributed by atoms with Crippen LogP contribution in [0.2, 0.25) is 0 Å². The van der Waals surface area contributed by atoms with Gasteiger partial charge in [0.2, 0.25) is 11.8 Å². The van der Waals surface area contributed by atoms with Crippen molar-refractivity contribution in [3.63, 3.8) is 0 Å². The first kappa shape index (κ1) is 21.9. The van der Waals surface area contributed by atoms with E-state index in [-0.39, 0.29) is 37.2 Å². The molecule has 0 aromatic heterocycles. The normalized spacial score (nSPS) is 15.8. The van der Waals surface area contributed by atoms with E-state index in [1.54, 1.807) is 11.9 Å². The minimum Gasteiger partial charge on any atom is -0.381 e. The average Bonchev–Trinajstić information content (AvgIpc) is 2.57. The molecule has 0 bridgehead atoms. The van der Waals surface area contributed by atoms with Crippen molar-refractivity contribution in [1.82, 2.24) is 10.2 Å². The molecular weight excluding hydrogens is 410 g/mol. The molecule has 0 aliphatic carbocycles. The highest BCUT2D eigenvalue weighted by Crippen LogP contribution is 2.18. The summed E-state index contributed by atoms with van der Waals surface area (Å²) >= 11 is 3.48. The van der Waals surface area contributed by atoms with Crippen LogP contribution >= 0.6 is 28.3 Å². The highest BCUT2D eigenvalue weighted by molar-refractivity contribution is 9.10. The van der Waals surface area contributed by atoms with Gasteiger partial charge in [-0.3, -0.25) is 9.59 Å². The van der Waals surface area contributed by atoms with E-state index in [0.717, 1.165) is 10.0 Å². The van der Waals surface area contributed by atoms with Crippen LogP contribution in [0, 0.1) is 0 Å². The van der Waals surface area contributed by atoms with E-state index >= 15 is 0 Å². The van der Waals surface area contributed by atoms with Gasteiger partial charge in [0.05, 0.1) is 5.54 Å². The van der Waals surface area contributed by atoms with Gasteiger partial charge in [0.15, 0.2) is 0 Å². The van der Waals surface area contributed by atoms with Crippen molar-refractivity contribution >= 4 is 40.2 Å². The molecule has 25 heavy (non-hydrogen) atoms. The molecule has 1 aromatic carbocycles. The van der Waals surface area contributed by atoms with E-state index in [4.69, 9.17) is 10.5 Å². The lowest BCUT2D eigenvalue weighted by molar-refractivity contribution is -0.131. The highest BCUT2D eigenvalue weighted by atomic mass is 79.9. The van der Waals surface area contributed by atoms with E-state index in [1.807, 2.05) is 24.3 Å². The number of amides is 2. The number of hydrogen-bond acceptors (Lipinski definition) is 4. The Kier molecular flexibility index (Phi) is 8.85. The number of halogens is 2. The van der Waals surface area contributed by atoms with E-state index in [1.165, 1.54) is 0 Å². The van der Waals surface area contributed by atoms with Gasteiger partial charge in [0, 0.05) is 44.2 Å². The van der Waals surface area contributed by atoms with Crippen LogP contribution in [0.25, 0.3) is 0 Å². The van der Waals surface area contributed by atoms with Gasteiger partial charge < -0.3 is 20.7 Å². The molecule has 1 saturated heterocycles.